The van der Waals surface area contributed by atoms with Crippen LogP contribution in [-0.4, -0.2) is 37.5 Å². The first-order valence-electron chi connectivity index (χ1n) is 4.65. The Labute approximate surface area is 75.1 Å². The van der Waals surface area contributed by atoms with E-state index in [1.807, 2.05) is 0 Å². The summed E-state index contributed by atoms with van der Waals surface area (Å²) in [7, 11) is 3.88. The molecule has 1 heterocycles. The van der Waals surface area contributed by atoms with Gasteiger partial charge in [0.2, 0.25) is 0 Å². The summed E-state index contributed by atoms with van der Waals surface area (Å²) in [6.45, 7) is 5.37. The third-order valence-corrected chi connectivity index (χ3v) is 2.88. The SMILES string of the molecule is CCCC1(C)NCC(OC)N1C. The van der Waals surface area contributed by atoms with Gasteiger partial charge in [0.05, 0.1) is 5.66 Å². The molecule has 1 saturated heterocycles. The molecule has 1 N–H and O–H groups in total. The lowest BCUT2D eigenvalue weighted by Gasteiger charge is -2.33. The molecule has 0 spiro atoms. The van der Waals surface area contributed by atoms with Crippen LogP contribution < -0.4 is 5.32 Å². The van der Waals surface area contributed by atoms with Crippen molar-refractivity contribution in [3.05, 3.63) is 0 Å². The van der Waals surface area contributed by atoms with E-state index in [4.69, 9.17) is 4.74 Å². The Balaban J connectivity index is 2.57. The topological polar surface area (TPSA) is 24.5 Å². The summed E-state index contributed by atoms with van der Waals surface area (Å²) in [5, 5.41) is 3.49. The van der Waals surface area contributed by atoms with E-state index in [-0.39, 0.29) is 11.9 Å². The monoisotopic (exact) mass is 172 g/mol. The molecule has 0 aromatic carbocycles. The zero-order valence-corrected chi connectivity index (χ0v) is 8.55. The molecule has 1 aliphatic heterocycles. The van der Waals surface area contributed by atoms with Crippen LogP contribution in [0.3, 0.4) is 0 Å². The third kappa shape index (κ3) is 1.63. The lowest BCUT2D eigenvalue weighted by atomic mass is 10.1. The fourth-order valence-electron chi connectivity index (χ4n) is 1.88. The number of methoxy groups -OCH3 is 1. The van der Waals surface area contributed by atoms with Crippen molar-refractivity contribution in [1.29, 1.82) is 0 Å². The molecule has 1 fully saturated rings. The summed E-state index contributed by atoms with van der Waals surface area (Å²) in [6.07, 6.45) is 2.61. The Morgan fingerprint density at radius 2 is 2.33 bits per heavy atom. The first-order valence-corrected chi connectivity index (χ1v) is 4.65. The van der Waals surface area contributed by atoms with Crippen LogP contribution >= 0.6 is 0 Å². The summed E-state index contributed by atoms with van der Waals surface area (Å²) >= 11 is 0. The molecule has 1 aliphatic rings. The van der Waals surface area contributed by atoms with Crippen molar-refractivity contribution in [1.82, 2.24) is 10.2 Å². The molecule has 0 bridgehead atoms. The van der Waals surface area contributed by atoms with Gasteiger partial charge in [-0.05, 0) is 20.4 Å². The molecule has 3 heteroatoms. The molecule has 0 amide bonds. The van der Waals surface area contributed by atoms with Crippen LogP contribution in [-0.2, 0) is 4.74 Å². The maximum Gasteiger partial charge on any atom is 0.124 e. The second-order valence-electron chi connectivity index (χ2n) is 3.71. The van der Waals surface area contributed by atoms with Gasteiger partial charge >= 0.3 is 0 Å². The summed E-state index contributed by atoms with van der Waals surface area (Å²) in [6, 6.07) is 0. The highest BCUT2D eigenvalue weighted by atomic mass is 16.5. The van der Waals surface area contributed by atoms with Gasteiger partial charge in [0.15, 0.2) is 0 Å². The molecule has 0 saturated carbocycles. The smallest absolute Gasteiger partial charge is 0.124 e. The predicted molar refractivity (Wildman–Crippen MR) is 49.9 cm³/mol. The van der Waals surface area contributed by atoms with E-state index in [2.05, 4.69) is 31.1 Å². The highest BCUT2D eigenvalue weighted by Crippen LogP contribution is 2.24. The lowest BCUT2D eigenvalue weighted by Crippen LogP contribution is -2.48. The van der Waals surface area contributed by atoms with Gasteiger partial charge in [0, 0.05) is 13.7 Å². The minimum atomic E-state index is 0.134. The maximum absolute atomic E-state index is 5.33. The Hall–Kier alpha value is -0.120. The van der Waals surface area contributed by atoms with Gasteiger partial charge in [0.1, 0.15) is 6.23 Å². The van der Waals surface area contributed by atoms with E-state index in [9.17, 15) is 0 Å². The molecule has 0 radical (unpaired) electrons. The zero-order chi connectivity index (χ0) is 9.19. The van der Waals surface area contributed by atoms with Gasteiger partial charge in [-0.2, -0.15) is 0 Å². The number of nitrogens with one attached hydrogen (secondary N) is 1. The molecule has 1 rings (SSSR count). The largest absolute Gasteiger partial charge is 0.365 e. The highest BCUT2D eigenvalue weighted by Gasteiger charge is 2.38. The van der Waals surface area contributed by atoms with Crippen molar-refractivity contribution in [2.45, 2.75) is 38.6 Å². The number of nitrogens with zero attached hydrogens (tertiary/aromatic N) is 1. The summed E-state index contributed by atoms with van der Waals surface area (Å²) < 4.78 is 5.33. The first-order chi connectivity index (χ1) is 5.64. The molecule has 2 unspecified atom stereocenters. The fraction of sp³-hybridized carbons (Fsp3) is 1.00. The van der Waals surface area contributed by atoms with Crippen molar-refractivity contribution in [3.63, 3.8) is 0 Å². The summed E-state index contributed by atoms with van der Waals surface area (Å²) in [5.74, 6) is 0. The Kier molecular flexibility index (Phi) is 3.09. The van der Waals surface area contributed by atoms with Crippen LogP contribution in [0.25, 0.3) is 0 Å². The lowest BCUT2D eigenvalue weighted by molar-refractivity contribution is -0.0245. The fourth-order valence-corrected chi connectivity index (χ4v) is 1.88. The van der Waals surface area contributed by atoms with Crippen LogP contribution in [0.2, 0.25) is 0 Å². The van der Waals surface area contributed by atoms with Gasteiger partial charge in [-0.15, -0.1) is 0 Å². The van der Waals surface area contributed by atoms with Crippen LogP contribution in [0.4, 0.5) is 0 Å². The van der Waals surface area contributed by atoms with Crippen molar-refractivity contribution in [2.24, 2.45) is 0 Å². The minimum Gasteiger partial charge on any atom is -0.365 e. The molecular weight excluding hydrogens is 152 g/mol. The van der Waals surface area contributed by atoms with Gasteiger partial charge in [-0.3, -0.25) is 10.2 Å². The number of likely N-dealkylation sites (N-methyl/N-ethyl adjacent to an activating group) is 1. The molecule has 0 aromatic rings. The zero-order valence-electron chi connectivity index (χ0n) is 8.55. The van der Waals surface area contributed by atoms with E-state index in [0.717, 1.165) is 6.54 Å². The third-order valence-electron chi connectivity index (χ3n) is 2.88. The molecular formula is C9H20N2O. The number of ether oxygens (including phenoxy) is 1. The van der Waals surface area contributed by atoms with Gasteiger partial charge in [-0.1, -0.05) is 13.3 Å². The van der Waals surface area contributed by atoms with E-state index >= 15 is 0 Å². The average Bonchev–Trinajstić information content (AvgIpc) is 2.30. The first kappa shape index (κ1) is 9.96. The number of hydrogen-bond acceptors (Lipinski definition) is 3. The van der Waals surface area contributed by atoms with E-state index in [0.29, 0.717) is 0 Å². The second kappa shape index (κ2) is 3.73. The summed E-state index contributed by atoms with van der Waals surface area (Å²) in [5.41, 5.74) is 0.134. The average molecular weight is 172 g/mol. The van der Waals surface area contributed by atoms with Gasteiger partial charge in [-0.25, -0.2) is 0 Å². The van der Waals surface area contributed by atoms with Crippen molar-refractivity contribution in [3.8, 4) is 0 Å². The molecule has 72 valence electrons. The molecule has 12 heavy (non-hydrogen) atoms. The number of hydrogen-bond donors (Lipinski definition) is 1. The van der Waals surface area contributed by atoms with Crippen LogP contribution in [0.1, 0.15) is 26.7 Å². The Bertz CT molecular complexity index is 151. The second-order valence-corrected chi connectivity index (χ2v) is 3.71. The van der Waals surface area contributed by atoms with Gasteiger partial charge in [0.25, 0.3) is 0 Å². The summed E-state index contributed by atoms with van der Waals surface area (Å²) in [4.78, 5) is 2.27. The van der Waals surface area contributed by atoms with Crippen LogP contribution in [0.5, 0.6) is 0 Å². The molecule has 0 aliphatic carbocycles. The highest BCUT2D eigenvalue weighted by molar-refractivity contribution is 4.90. The number of rotatable bonds is 3. The minimum absolute atomic E-state index is 0.134. The van der Waals surface area contributed by atoms with Crippen LogP contribution in [0, 0.1) is 0 Å². The predicted octanol–water partition coefficient (Wildman–Crippen LogP) is 1.01. The normalized spacial score (nSPS) is 37.5. The van der Waals surface area contributed by atoms with E-state index < -0.39 is 0 Å². The van der Waals surface area contributed by atoms with Crippen LogP contribution in [0.15, 0.2) is 0 Å². The Morgan fingerprint density at radius 3 is 2.75 bits per heavy atom. The van der Waals surface area contributed by atoms with Crippen molar-refractivity contribution < 1.29 is 4.74 Å². The van der Waals surface area contributed by atoms with Crippen molar-refractivity contribution in [2.75, 3.05) is 20.7 Å². The molecule has 3 nitrogen and oxygen atoms in total. The maximum atomic E-state index is 5.33. The Morgan fingerprint density at radius 1 is 1.67 bits per heavy atom. The van der Waals surface area contributed by atoms with Gasteiger partial charge < -0.3 is 4.74 Å². The molecule has 0 aromatic heterocycles. The van der Waals surface area contributed by atoms with Crippen molar-refractivity contribution >= 4 is 0 Å². The van der Waals surface area contributed by atoms with E-state index in [1.54, 1.807) is 7.11 Å². The van der Waals surface area contributed by atoms with E-state index in [1.165, 1.54) is 12.8 Å². The molecule has 2 atom stereocenters. The quantitative estimate of drug-likeness (QED) is 0.687. The standard InChI is InChI=1S/C9H20N2O/c1-5-6-9(2)10-7-8(12-4)11(9)3/h8,10H,5-7H2,1-4H3.